The molecule has 4 nitrogen and oxygen atoms in total. The average Bonchev–Trinajstić information content (AvgIpc) is 2.83. The summed E-state index contributed by atoms with van der Waals surface area (Å²) in [4.78, 5) is 11.5. The van der Waals surface area contributed by atoms with Gasteiger partial charge in [0.25, 0.3) is 0 Å². The molecule has 1 N–H and O–H groups in total. The van der Waals surface area contributed by atoms with Gasteiger partial charge in [-0.25, -0.2) is 4.39 Å². The van der Waals surface area contributed by atoms with E-state index in [2.05, 4.69) is 15.5 Å². The van der Waals surface area contributed by atoms with Gasteiger partial charge in [0, 0.05) is 5.69 Å². The van der Waals surface area contributed by atoms with Crippen molar-refractivity contribution in [3.8, 4) is 0 Å². The molecule has 0 aliphatic rings. The van der Waals surface area contributed by atoms with Crippen molar-refractivity contribution in [1.82, 2.24) is 10.2 Å². The number of aromatic nitrogens is 2. The lowest BCUT2D eigenvalue weighted by Gasteiger charge is -2.03. The smallest absolute Gasteiger partial charge is 0.234 e. The Morgan fingerprint density at radius 3 is 2.82 bits per heavy atom. The maximum atomic E-state index is 12.6. The molecule has 0 unspecified atom stereocenters. The second-order valence-corrected chi connectivity index (χ2v) is 5.10. The first kappa shape index (κ1) is 12.0. The quantitative estimate of drug-likeness (QED) is 0.866. The van der Waals surface area contributed by atoms with Crippen LogP contribution in [0.2, 0.25) is 0 Å². The molecule has 0 fully saturated rings. The third-order valence-electron chi connectivity index (χ3n) is 1.79. The summed E-state index contributed by atoms with van der Waals surface area (Å²) in [5.74, 6) is -0.227. The number of carbonyl (C=O) groups is 1. The Morgan fingerprint density at radius 2 is 2.18 bits per heavy atom. The molecule has 0 spiro atoms. The number of nitrogens with one attached hydrogen (secondary N) is 1. The predicted molar refractivity (Wildman–Crippen MR) is 65.7 cm³/mol. The van der Waals surface area contributed by atoms with Crippen LogP contribution in [0.15, 0.2) is 34.1 Å². The van der Waals surface area contributed by atoms with Gasteiger partial charge in [-0.05, 0) is 24.3 Å². The number of thioether (sulfide) groups is 1. The largest absolute Gasteiger partial charge is 0.325 e. The highest BCUT2D eigenvalue weighted by atomic mass is 32.2. The van der Waals surface area contributed by atoms with Crippen molar-refractivity contribution >= 4 is 34.7 Å². The molecule has 1 heterocycles. The monoisotopic (exact) mass is 269 g/mol. The predicted octanol–water partition coefficient (Wildman–Crippen LogP) is 2.41. The van der Waals surface area contributed by atoms with E-state index in [1.54, 1.807) is 5.51 Å². The first-order chi connectivity index (χ1) is 8.24. The van der Waals surface area contributed by atoms with E-state index in [9.17, 15) is 9.18 Å². The second-order valence-electron chi connectivity index (χ2n) is 3.05. The van der Waals surface area contributed by atoms with E-state index in [0.717, 1.165) is 4.34 Å². The van der Waals surface area contributed by atoms with Gasteiger partial charge in [0.15, 0.2) is 4.34 Å². The van der Waals surface area contributed by atoms with Crippen molar-refractivity contribution < 1.29 is 9.18 Å². The molecule has 1 amide bonds. The van der Waals surface area contributed by atoms with Crippen molar-refractivity contribution in [2.75, 3.05) is 11.1 Å². The van der Waals surface area contributed by atoms with E-state index in [4.69, 9.17) is 0 Å². The molecule has 0 aliphatic carbocycles. The minimum atomic E-state index is -0.328. The number of halogens is 1. The molecule has 0 saturated carbocycles. The summed E-state index contributed by atoms with van der Waals surface area (Å²) in [6.07, 6.45) is 0. The van der Waals surface area contributed by atoms with Crippen LogP contribution in [0.4, 0.5) is 10.1 Å². The van der Waals surface area contributed by atoms with Crippen LogP contribution in [0, 0.1) is 5.82 Å². The van der Waals surface area contributed by atoms with E-state index >= 15 is 0 Å². The van der Waals surface area contributed by atoms with E-state index in [1.807, 2.05) is 0 Å². The van der Waals surface area contributed by atoms with Gasteiger partial charge in [-0.1, -0.05) is 23.1 Å². The van der Waals surface area contributed by atoms with Crippen LogP contribution in [0.3, 0.4) is 0 Å². The van der Waals surface area contributed by atoms with Crippen LogP contribution in [-0.4, -0.2) is 21.9 Å². The number of nitrogens with zero attached hydrogens (tertiary/aromatic N) is 2. The Labute approximate surface area is 105 Å². The molecular formula is C10H8FN3OS2. The summed E-state index contributed by atoms with van der Waals surface area (Å²) < 4.78 is 13.4. The highest BCUT2D eigenvalue weighted by molar-refractivity contribution is 8.01. The van der Waals surface area contributed by atoms with Crippen LogP contribution < -0.4 is 5.32 Å². The first-order valence-electron chi connectivity index (χ1n) is 4.68. The van der Waals surface area contributed by atoms with Gasteiger partial charge >= 0.3 is 0 Å². The number of hydrogen-bond acceptors (Lipinski definition) is 5. The van der Waals surface area contributed by atoms with Gasteiger partial charge in [-0.15, -0.1) is 10.2 Å². The zero-order chi connectivity index (χ0) is 12.1. The van der Waals surface area contributed by atoms with Gasteiger partial charge in [-0.2, -0.15) is 0 Å². The minimum Gasteiger partial charge on any atom is -0.325 e. The number of rotatable bonds is 4. The number of amides is 1. The number of carbonyl (C=O) groups excluding carboxylic acids is 1. The van der Waals surface area contributed by atoms with E-state index in [0.29, 0.717) is 5.69 Å². The standard InChI is InChI=1S/C10H8FN3OS2/c11-7-1-3-8(4-2-7)13-9(15)5-16-10-14-12-6-17-10/h1-4,6H,5H2,(H,13,15). The van der Waals surface area contributed by atoms with Crippen molar-refractivity contribution in [2.45, 2.75) is 4.34 Å². The Morgan fingerprint density at radius 1 is 1.41 bits per heavy atom. The van der Waals surface area contributed by atoms with Gasteiger partial charge in [0.05, 0.1) is 5.75 Å². The molecule has 2 rings (SSSR count). The number of benzene rings is 1. The highest BCUT2D eigenvalue weighted by Crippen LogP contribution is 2.19. The molecule has 0 atom stereocenters. The summed E-state index contributed by atoms with van der Waals surface area (Å²) in [6.45, 7) is 0. The van der Waals surface area contributed by atoms with Crippen LogP contribution in [0.25, 0.3) is 0 Å². The molecule has 88 valence electrons. The summed E-state index contributed by atoms with van der Waals surface area (Å²) in [6, 6.07) is 5.63. The molecule has 17 heavy (non-hydrogen) atoms. The molecule has 0 radical (unpaired) electrons. The Bertz CT molecular complexity index is 487. The van der Waals surface area contributed by atoms with Crippen LogP contribution >= 0.6 is 23.1 Å². The lowest BCUT2D eigenvalue weighted by atomic mass is 10.3. The van der Waals surface area contributed by atoms with Gasteiger partial charge in [0.2, 0.25) is 5.91 Å². The highest BCUT2D eigenvalue weighted by Gasteiger charge is 2.05. The second kappa shape index (κ2) is 5.74. The average molecular weight is 269 g/mol. The van der Waals surface area contributed by atoms with E-state index in [1.165, 1.54) is 47.4 Å². The molecule has 7 heteroatoms. The van der Waals surface area contributed by atoms with Crippen LogP contribution in [0.1, 0.15) is 0 Å². The third-order valence-corrected chi connectivity index (χ3v) is 3.66. The van der Waals surface area contributed by atoms with Crippen molar-refractivity contribution in [3.63, 3.8) is 0 Å². The van der Waals surface area contributed by atoms with E-state index < -0.39 is 0 Å². The van der Waals surface area contributed by atoms with Gasteiger partial charge < -0.3 is 5.32 Å². The number of anilines is 1. The first-order valence-corrected chi connectivity index (χ1v) is 6.55. The van der Waals surface area contributed by atoms with Crippen molar-refractivity contribution in [1.29, 1.82) is 0 Å². The third kappa shape index (κ3) is 3.79. The van der Waals surface area contributed by atoms with Crippen molar-refractivity contribution in [3.05, 3.63) is 35.6 Å². The molecule has 0 aliphatic heterocycles. The topological polar surface area (TPSA) is 54.9 Å². The lowest BCUT2D eigenvalue weighted by Crippen LogP contribution is -2.13. The Balaban J connectivity index is 1.83. The zero-order valence-electron chi connectivity index (χ0n) is 8.59. The minimum absolute atomic E-state index is 0.156. The zero-order valence-corrected chi connectivity index (χ0v) is 10.2. The molecular weight excluding hydrogens is 261 g/mol. The van der Waals surface area contributed by atoms with Gasteiger partial charge in [-0.3, -0.25) is 4.79 Å². The summed E-state index contributed by atoms with van der Waals surface area (Å²) >= 11 is 2.70. The summed E-state index contributed by atoms with van der Waals surface area (Å²) in [5.41, 5.74) is 2.19. The lowest BCUT2D eigenvalue weighted by molar-refractivity contribution is -0.113. The van der Waals surface area contributed by atoms with Crippen molar-refractivity contribution in [2.24, 2.45) is 0 Å². The molecule has 1 aromatic carbocycles. The Kier molecular flexibility index (Phi) is 4.05. The fraction of sp³-hybridized carbons (Fsp3) is 0.100. The maximum absolute atomic E-state index is 12.6. The molecule has 0 saturated heterocycles. The Hall–Kier alpha value is -1.47. The van der Waals surface area contributed by atoms with Crippen LogP contribution in [0.5, 0.6) is 0 Å². The normalized spacial score (nSPS) is 10.2. The SMILES string of the molecule is O=C(CSc1nncs1)Nc1ccc(F)cc1. The molecule has 2 aromatic rings. The van der Waals surface area contributed by atoms with Crippen LogP contribution in [-0.2, 0) is 4.79 Å². The summed E-state index contributed by atoms with van der Waals surface area (Å²) in [7, 11) is 0. The number of hydrogen-bond donors (Lipinski definition) is 1. The van der Waals surface area contributed by atoms with Gasteiger partial charge in [0.1, 0.15) is 11.3 Å². The molecule has 0 bridgehead atoms. The fourth-order valence-corrected chi connectivity index (χ4v) is 2.37. The maximum Gasteiger partial charge on any atom is 0.234 e. The fourth-order valence-electron chi connectivity index (χ4n) is 1.08. The summed E-state index contributed by atoms with van der Waals surface area (Å²) in [5, 5.41) is 10.1. The van der Waals surface area contributed by atoms with E-state index in [-0.39, 0.29) is 17.5 Å². The molecule has 1 aromatic heterocycles.